The van der Waals surface area contributed by atoms with Gasteiger partial charge in [-0.3, -0.25) is 9.59 Å². The summed E-state index contributed by atoms with van der Waals surface area (Å²) in [5, 5.41) is 5.68. The van der Waals surface area contributed by atoms with E-state index < -0.39 is 0 Å². The third-order valence-corrected chi connectivity index (χ3v) is 5.19. The highest BCUT2D eigenvalue weighted by atomic mass is 32.1. The highest BCUT2D eigenvalue weighted by Gasteiger charge is 2.25. The Morgan fingerprint density at radius 3 is 2.64 bits per heavy atom. The third kappa shape index (κ3) is 4.43. The Morgan fingerprint density at radius 2 is 1.96 bits per heavy atom. The topological polar surface area (TPSA) is 88.3 Å². The first-order valence-corrected chi connectivity index (χ1v) is 9.35. The number of nitrogens with zero attached hydrogens (tertiary/aromatic N) is 2. The van der Waals surface area contributed by atoms with Crippen LogP contribution in [0.2, 0.25) is 0 Å². The van der Waals surface area contributed by atoms with Crippen LogP contribution in [0.3, 0.4) is 0 Å². The highest BCUT2D eigenvalue weighted by molar-refractivity contribution is 7.09. The first-order valence-electron chi connectivity index (χ1n) is 8.47. The van der Waals surface area contributed by atoms with E-state index in [2.05, 4.69) is 10.3 Å². The largest absolute Gasteiger partial charge is 0.348 e. The van der Waals surface area contributed by atoms with Crippen molar-refractivity contribution in [3.63, 3.8) is 0 Å². The zero-order chi connectivity index (χ0) is 17.6. The van der Waals surface area contributed by atoms with Gasteiger partial charge in [0, 0.05) is 36.5 Å². The summed E-state index contributed by atoms with van der Waals surface area (Å²) < 4.78 is 0. The average molecular weight is 358 g/mol. The van der Waals surface area contributed by atoms with Gasteiger partial charge >= 0.3 is 0 Å². The summed E-state index contributed by atoms with van der Waals surface area (Å²) in [6.45, 7) is 1.82. The fraction of sp³-hybridized carbons (Fsp3) is 0.389. The molecular formula is C18H22N4O2S. The van der Waals surface area contributed by atoms with E-state index in [0.717, 1.165) is 17.8 Å². The second-order valence-electron chi connectivity index (χ2n) is 6.07. The molecule has 25 heavy (non-hydrogen) atoms. The maximum Gasteiger partial charge on any atom is 0.270 e. The molecule has 7 heteroatoms. The van der Waals surface area contributed by atoms with Gasteiger partial charge in [0.05, 0.1) is 5.01 Å². The van der Waals surface area contributed by atoms with Crippen LogP contribution < -0.4 is 11.1 Å². The molecule has 132 valence electrons. The Labute approximate surface area is 151 Å². The standard InChI is InChI=1S/C18H22N4O2S/c19-9-6-16-21-15(12-25-16)17(23)20-14-7-10-22(11-8-14)18(24)13-4-2-1-3-5-13/h1-5,12,14H,6-11,19H2,(H,20,23). The van der Waals surface area contributed by atoms with Crippen LogP contribution in [0.15, 0.2) is 35.7 Å². The number of carbonyl (C=O) groups is 2. The molecule has 0 radical (unpaired) electrons. The number of hydrogen-bond donors (Lipinski definition) is 2. The molecule has 2 heterocycles. The van der Waals surface area contributed by atoms with E-state index in [1.165, 1.54) is 11.3 Å². The molecule has 1 aliphatic rings. The number of hydrogen-bond acceptors (Lipinski definition) is 5. The number of amides is 2. The van der Waals surface area contributed by atoms with Crippen molar-refractivity contribution in [2.75, 3.05) is 19.6 Å². The third-order valence-electron chi connectivity index (χ3n) is 4.28. The van der Waals surface area contributed by atoms with Crippen LogP contribution in [0, 0.1) is 0 Å². The fourth-order valence-electron chi connectivity index (χ4n) is 2.90. The van der Waals surface area contributed by atoms with Gasteiger partial charge in [-0.1, -0.05) is 18.2 Å². The number of carbonyl (C=O) groups excluding carboxylic acids is 2. The van der Waals surface area contributed by atoms with Gasteiger partial charge in [-0.25, -0.2) is 4.98 Å². The van der Waals surface area contributed by atoms with Crippen LogP contribution >= 0.6 is 11.3 Å². The van der Waals surface area contributed by atoms with Gasteiger partial charge in [0.1, 0.15) is 5.69 Å². The van der Waals surface area contributed by atoms with E-state index in [1.807, 2.05) is 35.2 Å². The predicted octanol–water partition coefficient (Wildman–Crippen LogP) is 1.68. The lowest BCUT2D eigenvalue weighted by Crippen LogP contribution is -2.46. The fourth-order valence-corrected chi connectivity index (χ4v) is 3.70. The number of likely N-dealkylation sites (tertiary alicyclic amines) is 1. The maximum atomic E-state index is 12.4. The Morgan fingerprint density at radius 1 is 1.24 bits per heavy atom. The van der Waals surface area contributed by atoms with Crippen molar-refractivity contribution >= 4 is 23.2 Å². The summed E-state index contributed by atoms with van der Waals surface area (Å²) in [5.41, 5.74) is 6.67. The highest BCUT2D eigenvalue weighted by Crippen LogP contribution is 2.15. The molecule has 2 amide bonds. The average Bonchev–Trinajstić information content (AvgIpc) is 3.12. The van der Waals surface area contributed by atoms with Crippen molar-refractivity contribution in [1.29, 1.82) is 0 Å². The summed E-state index contributed by atoms with van der Waals surface area (Å²) in [4.78, 5) is 30.9. The van der Waals surface area contributed by atoms with Crippen LogP contribution in [-0.4, -0.2) is 47.4 Å². The van der Waals surface area contributed by atoms with E-state index in [0.29, 0.717) is 37.3 Å². The van der Waals surface area contributed by atoms with Crippen molar-refractivity contribution < 1.29 is 9.59 Å². The minimum Gasteiger partial charge on any atom is -0.348 e. The molecule has 0 aliphatic carbocycles. The quantitative estimate of drug-likeness (QED) is 0.851. The zero-order valence-corrected chi connectivity index (χ0v) is 14.8. The summed E-state index contributed by atoms with van der Waals surface area (Å²) in [6, 6.07) is 9.37. The van der Waals surface area contributed by atoms with Crippen molar-refractivity contribution in [3.05, 3.63) is 52.0 Å². The van der Waals surface area contributed by atoms with E-state index in [1.54, 1.807) is 5.38 Å². The van der Waals surface area contributed by atoms with Gasteiger partial charge in [-0.05, 0) is 31.5 Å². The second kappa shape index (κ2) is 8.22. The second-order valence-corrected chi connectivity index (χ2v) is 7.01. The summed E-state index contributed by atoms with van der Waals surface area (Å²) in [6.07, 6.45) is 2.20. The number of piperidine rings is 1. The summed E-state index contributed by atoms with van der Waals surface area (Å²) >= 11 is 1.46. The summed E-state index contributed by atoms with van der Waals surface area (Å²) in [5.74, 6) is -0.0938. The number of thiazole rings is 1. The first-order chi connectivity index (χ1) is 12.2. The van der Waals surface area contributed by atoms with Crippen molar-refractivity contribution in [2.24, 2.45) is 5.73 Å². The van der Waals surface area contributed by atoms with Gasteiger partial charge in [0.25, 0.3) is 11.8 Å². The number of nitrogens with two attached hydrogens (primary N) is 1. The molecule has 0 atom stereocenters. The van der Waals surface area contributed by atoms with Gasteiger partial charge in [-0.15, -0.1) is 11.3 Å². The molecule has 1 saturated heterocycles. The molecule has 1 aliphatic heterocycles. The molecule has 1 aromatic heterocycles. The monoisotopic (exact) mass is 358 g/mol. The van der Waals surface area contributed by atoms with Crippen LogP contribution in [0.1, 0.15) is 38.7 Å². The normalized spacial score (nSPS) is 15.2. The first kappa shape index (κ1) is 17.6. The van der Waals surface area contributed by atoms with Crippen molar-refractivity contribution in [3.8, 4) is 0 Å². The molecule has 2 aromatic rings. The Kier molecular flexibility index (Phi) is 5.78. The van der Waals surface area contributed by atoms with Crippen molar-refractivity contribution in [2.45, 2.75) is 25.3 Å². The lowest BCUT2D eigenvalue weighted by molar-refractivity contribution is 0.0697. The van der Waals surface area contributed by atoms with Crippen LogP contribution in [0.4, 0.5) is 0 Å². The van der Waals surface area contributed by atoms with E-state index in [-0.39, 0.29) is 17.9 Å². The van der Waals surface area contributed by atoms with Gasteiger partial charge < -0.3 is 16.0 Å². The maximum absolute atomic E-state index is 12.4. The van der Waals surface area contributed by atoms with Gasteiger partial charge in [-0.2, -0.15) is 0 Å². The number of aromatic nitrogens is 1. The van der Waals surface area contributed by atoms with E-state index in [4.69, 9.17) is 5.73 Å². The van der Waals surface area contributed by atoms with E-state index in [9.17, 15) is 9.59 Å². The number of rotatable bonds is 5. The molecule has 0 unspecified atom stereocenters. The Balaban J connectivity index is 1.50. The molecule has 3 N–H and O–H groups in total. The number of benzene rings is 1. The minimum atomic E-state index is -0.146. The molecule has 6 nitrogen and oxygen atoms in total. The molecule has 3 rings (SSSR count). The van der Waals surface area contributed by atoms with Gasteiger partial charge in [0.2, 0.25) is 0 Å². The minimum absolute atomic E-state index is 0.0521. The Bertz CT molecular complexity index is 724. The molecule has 1 aromatic carbocycles. The molecular weight excluding hydrogens is 336 g/mol. The molecule has 1 fully saturated rings. The predicted molar refractivity (Wildman–Crippen MR) is 97.7 cm³/mol. The SMILES string of the molecule is NCCc1nc(C(=O)NC2CCN(C(=O)c3ccccc3)CC2)cs1. The van der Waals surface area contributed by atoms with Gasteiger partial charge in [0.15, 0.2) is 0 Å². The number of nitrogens with one attached hydrogen (secondary N) is 1. The molecule has 0 spiro atoms. The zero-order valence-electron chi connectivity index (χ0n) is 14.0. The lowest BCUT2D eigenvalue weighted by Gasteiger charge is -2.32. The van der Waals surface area contributed by atoms with Crippen LogP contribution in [0.5, 0.6) is 0 Å². The Hall–Kier alpha value is -2.25. The van der Waals surface area contributed by atoms with E-state index >= 15 is 0 Å². The van der Waals surface area contributed by atoms with Crippen LogP contribution in [-0.2, 0) is 6.42 Å². The molecule has 0 saturated carbocycles. The van der Waals surface area contributed by atoms with Crippen LogP contribution in [0.25, 0.3) is 0 Å². The summed E-state index contributed by atoms with van der Waals surface area (Å²) in [7, 11) is 0. The smallest absolute Gasteiger partial charge is 0.270 e. The lowest BCUT2D eigenvalue weighted by atomic mass is 10.0. The van der Waals surface area contributed by atoms with Crippen molar-refractivity contribution in [1.82, 2.24) is 15.2 Å². The molecule has 0 bridgehead atoms.